The zero-order chi connectivity index (χ0) is 14.8. The molecule has 1 aromatic heterocycles. The van der Waals surface area contributed by atoms with E-state index in [0.717, 1.165) is 5.69 Å². The van der Waals surface area contributed by atoms with Crippen LogP contribution in [0, 0.1) is 0 Å². The van der Waals surface area contributed by atoms with Crippen LogP contribution in [0.3, 0.4) is 0 Å². The van der Waals surface area contributed by atoms with Crippen molar-refractivity contribution < 1.29 is 14.7 Å². The molecule has 0 bridgehead atoms. The molecule has 0 saturated heterocycles. The molecule has 0 aliphatic heterocycles. The van der Waals surface area contributed by atoms with E-state index in [1.165, 1.54) is 0 Å². The number of nitrogens with zero attached hydrogens (tertiary/aromatic N) is 1. The van der Waals surface area contributed by atoms with Crippen LogP contribution in [0.4, 0.5) is 4.79 Å². The predicted octanol–water partition coefficient (Wildman–Crippen LogP) is 0.463. The maximum absolute atomic E-state index is 11.7. The number of aromatic nitrogens is 1. The van der Waals surface area contributed by atoms with Crippen molar-refractivity contribution >= 4 is 12.0 Å². The van der Waals surface area contributed by atoms with E-state index in [0.29, 0.717) is 32.4 Å². The van der Waals surface area contributed by atoms with Crippen molar-refractivity contribution in [2.24, 2.45) is 5.73 Å². The molecule has 20 heavy (non-hydrogen) atoms. The van der Waals surface area contributed by atoms with Crippen molar-refractivity contribution in [1.82, 2.24) is 15.6 Å². The highest BCUT2D eigenvalue weighted by Gasteiger charge is 2.12. The van der Waals surface area contributed by atoms with Crippen LogP contribution in [-0.4, -0.2) is 34.7 Å². The summed E-state index contributed by atoms with van der Waals surface area (Å²) in [5, 5.41) is 13.4. The summed E-state index contributed by atoms with van der Waals surface area (Å²) in [6.07, 6.45) is 2.50. The number of nitrogens with one attached hydrogen (secondary N) is 2. The summed E-state index contributed by atoms with van der Waals surface area (Å²) in [6.45, 7) is 0.728. The van der Waals surface area contributed by atoms with Gasteiger partial charge >= 0.3 is 6.09 Å². The minimum atomic E-state index is -1.04. The van der Waals surface area contributed by atoms with Crippen molar-refractivity contribution in [3.8, 4) is 0 Å². The molecule has 1 atom stereocenters. The average Bonchev–Trinajstić information content (AvgIpc) is 2.45. The zero-order valence-corrected chi connectivity index (χ0v) is 11.2. The van der Waals surface area contributed by atoms with Gasteiger partial charge in [0.25, 0.3) is 0 Å². The molecule has 0 aliphatic rings. The number of hydrogen-bond acceptors (Lipinski definition) is 4. The second-order valence-corrected chi connectivity index (χ2v) is 4.37. The minimum Gasteiger partial charge on any atom is -0.465 e. The first-order valence-electron chi connectivity index (χ1n) is 6.49. The van der Waals surface area contributed by atoms with Crippen LogP contribution in [0.25, 0.3) is 0 Å². The highest BCUT2D eigenvalue weighted by atomic mass is 16.4. The lowest BCUT2D eigenvalue weighted by Crippen LogP contribution is -2.40. The van der Waals surface area contributed by atoms with E-state index in [4.69, 9.17) is 10.8 Å². The monoisotopic (exact) mass is 280 g/mol. The van der Waals surface area contributed by atoms with Crippen molar-refractivity contribution in [3.63, 3.8) is 0 Å². The fraction of sp³-hybridized carbons (Fsp3) is 0.462. The molecular weight excluding hydrogens is 260 g/mol. The molecule has 2 amide bonds. The van der Waals surface area contributed by atoms with Crippen molar-refractivity contribution in [1.29, 1.82) is 0 Å². The first kappa shape index (κ1) is 15.9. The van der Waals surface area contributed by atoms with Gasteiger partial charge in [0.1, 0.15) is 0 Å². The van der Waals surface area contributed by atoms with E-state index in [1.807, 2.05) is 18.2 Å². The molecule has 7 nitrogen and oxygen atoms in total. The summed E-state index contributed by atoms with van der Waals surface area (Å²) in [6, 6.07) is 4.90. The maximum Gasteiger partial charge on any atom is 0.404 e. The fourth-order valence-electron chi connectivity index (χ4n) is 1.63. The molecule has 1 heterocycles. The van der Waals surface area contributed by atoms with Gasteiger partial charge in [0.2, 0.25) is 5.91 Å². The van der Waals surface area contributed by atoms with Crippen molar-refractivity contribution in [3.05, 3.63) is 30.1 Å². The molecule has 0 spiro atoms. The summed E-state index contributed by atoms with van der Waals surface area (Å²) in [7, 11) is 0. The van der Waals surface area contributed by atoms with E-state index in [2.05, 4.69) is 15.6 Å². The van der Waals surface area contributed by atoms with Crippen LogP contribution >= 0.6 is 0 Å². The molecule has 0 aliphatic carbocycles. The lowest BCUT2D eigenvalue weighted by Gasteiger charge is -2.11. The Kier molecular flexibility index (Phi) is 7.05. The van der Waals surface area contributed by atoms with Gasteiger partial charge in [0, 0.05) is 12.7 Å². The van der Waals surface area contributed by atoms with Crippen LogP contribution in [0.5, 0.6) is 0 Å². The van der Waals surface area contributed by atoms with E-state index >= 15 is 0 Å². The van der Waals surface area contributed by atoms with Crippen LogP contribution in [0.1, 0.15) is 25.0 Å². The van der Waals surface area contributed by atoms with Crippen molar-refractivity contribution in [2.45, 2.75) is 31.8 Å². The smallest absolute Gasteiger partial charge is 0.404 e. The fourth-order valence-corrected chi connectivity index (χ4v) is 1.63. The summed E-state index contributed by atoms with van der Waals surface area (Å²) >= 11 is 0. The Labute approximate surface area is 117 Å². The Morgan fingerprint density at radius 3 is 2.75 bits per heavy atom. The third kappa shape index (κ3) is 6.69. The summed E-state index contributed by atoms with van der Waals surface area (Å²) in [5.74, 6) is -0.221. The number of hydrogen-bond donors (Lipinski definition) is 4. The largest absolute Gasteiger partial charge is 0.465 e. The zero-order valence-electron chi connectivity index (χ0n) is 11.2. The lowest BCUT2D eigenvalue weighted by molar-refractivity contribution is -0.122. The molecule has 0 radical (unpaired) electrons. The molecular formula is C13H20N4O3. The molecule has 5 N–H and O–H groups in total. The highest BCUT2D eigenvalue weighted by molar-refractivity contribution is 5.81. The number of unbranched alkanes of at least 4 members (excludes halogenated alkanes) is 1. The third-order valence-electron chi connectivity index (χ3n) is 2.72. The molecule has 1 aromatic rings. The summed E-state index contributed by atoms with van der Waals surface area (Å²) in [5.41, 5.74) is 6.53. The van der Waals surface area contributed by atoms with Crippen molar-refractivity contribution in [2.75, 3.05) is 6.54 Å². The highest BCUT2D eigenvalue weighted by Crippen LogP contribution is 1.99. The van der Waals surface area contributed by atoms with Gasteiger partial charge < -0.3 is 21.5 Å². The topological polar surface area (TPSA) is 117 Å². The van der Waals surface area contributed by atoms with Gasteiger partial charge in [-0.2, -0.15) is 0 Å². The number of nitrogens with two attached hydrogens (primary N) is 1. The Bertz CT molecular complexity index is 425. The van der Waals surface area contributed by atoms with E-state index < -0.39 is 12.1 Å². The van der Waals surface area contributed by atoms with Gasteiger partial charge in [-0.1, -0.05) is 6.07 Å². The number of amides is 2. The number of pyridine rings is 1. The molecule has 110 valence electrons. The number of rotatable bonds is 8. The van der Waals surface area contributed by atoms with Gasteiger partial charge in [0.15, 0.2) is 0 Å². The number of carbonyl (C=O) groups is 2. The molecule has 1 rings (SSSR count). The van der Waals surface area contributed by atoms with Crippen LogP contribution in [-0.2, 0) is 11.3 Å². The molecule has 1 unspecified atom stereocenters. The summed E-state index contributed by atoms with van der Waals surface area (Å²) in [4.78, 5) is 26.0. The minimum absolute atomic E-state index is 0.221. The van der Waals surface area contributed by atoms with E-state index in [9.17, 15) is 9.59 Å². The van der Waals surface area contributed by atoms with Gasteiger partial charge in [-0.25, -0.2) is 4.79 Å². The van der Waals surface area contributed by atoms with E-state index in [-0.39, 0.29) is 5.91 Å². The maximum atomic E-state index is 11.7. The average molecular weight is 280 g/mol. The van der Waals surface area contributed by atoms with Gasteiger partial charge in [-0.15, -0.1) is 0 Å². The molecule has 0 fully saturated rings. The Hall–Kier alpha value is -2.15. The van der Waals surface area contributed by atoms with Crippen LogP contribution in [0.2, 0.25) is 0 Å². The first-order valence-corrected chi connectivity index (χ1v) is 6.49. The van der Waals surface area contributed by atoms with Gasteiger partial charge in [0.05, 0.1) is 18.3 Å². The standard InChI is InChI=1S/C13H20N4O3/c14-11(6-2-4-8-16-13(19)20)12(18)17-9-10-5-1-3-7-15-10/h1,3,5,7,11,16H,2,4,6,8-9,14H2,(H,17,18)(H,19,20). The molecule has 0 aromatic carbocycles. The number of carboxylic acid groups (broad SMARTS) is 1. The number of carbonyl (C=O) groups excluding carboxylic acids is 1. The van der Waals surface area contributed by atoms with Crippen LogP contribution < -0.4 is 16.4 Å². The summed E-state index contributed by atoms with van der Waals surface area (Å²) < 4.78 is 0. The van der Waals surface area contributed by atoms with Crippen LogP contribution in [0.15, 0.2) is 24.4 Å². The SMILES string of the molecule is NC(CCCCNC(=O)O)C(=O)NCc1ccccn1. The normalized spacial score (nSPS) is 11.7. The van der Waals surface area contributed by atoms with E-state index in [1.54, 1.807) is 6.20 Å². The molecule has 0 saturated carbocycles. The molecule has 7 heteroatoms. The quantitative estimate of drug-likeness (QED) is 0.516. The van der Waals surface area contributed by atoms with Gasteiger partial charge in [-0.3, -0.25) is 9.78 Å². The lowest BCUT2D eigenvalue weighted by atomic mass is 10.1. The second kappa shape index (κ2) is 8.87. The first-order chi connectivity index (χ1) is 9.59. The van der Waals surface area contributed by atoms with Gasteiger partial charge in [-0.05, 0) is 31.4 Å². The second-order valence-electron chi connectivity index (χ2n) is 4.37. The Balaban J connectivity index is 2.14. The third-order valence-corrected chi connectivity index (χ3v) is 2.72. The Morgan fingerprint density at radius 2 is 2.10 bits per heavy atom. The Morgan fingerprint density at radius 1 is 1.30 bits per heavy atom. The predicted molar refractivity (Wildman–Crippen MR) is 73.9 cm³/mol.